The molecule has 4 rings (SSSR count). The highest BCUT2D eigenvalue weighted by Gasteiger charge is 2.37. The maximum absolute atomic E-state index is 13.5. The second-order valence-electron chi connectivity index (χ2n) is 6.54. The van der Waals surface area contributed by atoms with E-state index in [4.69, 9.17) is 23.2 Å². The van der Waals surface area contributed by atoms with Crippen molar-refractivity contribution >= 4 is 55.8 Å². The van der Waals surface area contributed by atoms with Gasteiger partial charge in [0.05, 0.1) is 20.2 Å². The molecule has 0 saturated carbocycles. The van der Waals surface area contributed by atoms with Gasteiger partial charge in [0, 0.05) is 0 Å². The van der Waals surface area contributed by atoms with Crippen molar-refractivity contribution < 1.29 is 4.79 Å². The quantitative estimate of drug-likeness (QED) is 0.401. The number of nitrogens with one attached hydrogen (secondary N) is 1. The molecule has 0 saturated heterocycles. The fraction of sp³-hybridized carbons (Fsp3) is 0.0909. The van der Waals surface area contributed by atoms with Crippen LogP contribution in [-0.2, 0) is 10.2 Å². The highest BCUT2D eigenvalue weighted by molar-refractivity contribution is 7.22. The molecule has 0 spiro atoms. The summed E-state index contributed by atoms with van der Waals surface area (Å²) in [7, 11) is 0. The summed E-state index contributed by atoms with van der Waals surface area (Å²) in [6.07, 6.45) is 0. The lowest BCUT2D eigenvalue weighted by Gasteiger charge is -2.29. The van der Waals surface area contributed by atoms with Crippen molar-refractivity contribution in [2.45, 2.75) is 12.3 Å². The molecule has 3 nitrogen and oxygen atoms in total. The van der Waals surface area contributed by atoms with E-state index in [1.165, 1.54) is 11.3 Å². The van der Waals surface area contributed by atoms with Crippen LogP contribution in [0, 0.1) is 0 Å². The van der Waals surface area contributed by atoms with Gasteiger partial charge in [0.25, 0.3) is 0 Å². The monoisotopic (exact) mass is 426 g/mol. The Morgan fingerprint density at radius 2 is 1.50 bits per heavy atom. The third kappa shape index (κ3) is 3.28. The van der Waals surface area contributed by atoms with Gasteiger partial charge in [0.1, 0.15) is 5.52 Å². The lowest BCUT2D eigenvalue weighted by molar-refractivity contribution is -0.119. The second-order valence-corrected chi connectivity index (χ2v) is 8.35. The molecule has 0 radical (unpaired) electrons. The first-order valence-electron chi connectivity index (χ1n) is 8.67. The van der Waals surface area contributed by atoms with Crippen molar-refractivity contribution in [2.24, 2.45) is 0 Å². The van der Waals surface area contributed by atoms with Crippen LogP contribution in [-0.4, -0.2) is 10.9 Å². The zero-order valence-corrected chi connectivity index (χ0v) is 17.3. The van der Waals surface area contributed by atoms with Crippen LogP contribution in [0.5, 0.6) is 0 Å². The molecular weight excluding hydrogens is 411 g/mol. The molecule has 0 aliphatic carbocycles. The average molecular weight is 427 g/mol. The Balaban J connectivity index is 1.76. The SMILES string of the molecule is CC(C(=O)Nc1nc2c(Cl)c(Cl)ccc2s1)(c1ccccc1)c1ccccc1. The van der Waals surface area contributed by atoms with Crippen molar-refractivity contribution in [3.63, 3.8) is 0 Å². The van der Waals surface area contributed by atoms with Crippen LogP contribution in [0.4, 0.5) is 5.13 Å². The van der Waals surface area contributed by atoms with E-state index >= 15 is 0 Å². The Hall–Kier alpha value is -2.40. The summed E-state index contributed by atoms with van der Waals surface area (Å²) < 4.78 is 0.867. The zero-order valence-electron chi connectivity index (χ0n) is 14.9. The second kappa shape index (κ2) is 7.55. The van der Waals surface area contributed by atoms with Crippen LogP contribution in [0.15, 0.2) is 72.8 Å². The van der Waals surface area contributed by atoms with Gasteiger partial charge in [0.15, 0.2) is 5.13 Å². The van der Waals surface area contributed by atoms with Crippen LogP contribution in [0.3, 0.4) is 0 Å². The average Bonchev–Trinajstić information content (AvgIpc) is 3.15. The van der Waals surface area contributed by atoms with E-state index in [1.807, 2.05) is 73.7 Å². The zero-order chi connectivity index (χ0) is 19.7. The Kier molecular flexibility index (Phi) is 5.11. The van der Waals surface area contributed by atoms with E-state index in [9.17, 15) is 4.79 Å². The van der Waals surface area contributed by atoms with Crippen molar-refractivity contribution in [3.05, 3.63) is 94.0 Å². The fourth-order valence-electron chi connectivity index (χ4n) is 3.18. The number of fused-ring (bicyclic) bond motifs is 1. The topological polar surface area (TPSA) is 42.0 Å². The van der Waals surface area contributed by atoms with Gasteiger partial charge in [0.2, 0.25) is 5.91 Å². The number of carbonyl (C=O) groups is 1. The van der Waals surface area contributed by atoms with E-state index in [2.05, 4.69) is 10.3 Å². The molecule has 0 fully saturated rings. The number of halogens is 2. The predicted molar refractivity (Wildman–Crippen MR) is 118 cm³/mol. The highest BCUT2D eigenvalue weighted by Crippen LogP contribution is 2.37. The third-order valence-corrected chi connectivity index (χ3v) is 6.56. The van der Waals surface area contributed by atoms with Gasteiger partial charge in [-0.1, -0.05) is 95.2 Å². The highest BCUT2D eigenvalue weighted by atomic mass is 35.5. The molecule has 1 N–H and O–H groups in total. The number of rotatable bonds is 4. The van der Waals surface area contributed by atoms with Crippen LogP contribution in [0.25, 0.3) is 10.2 Å². The van der Waals surface area contributed by atoms with Gasteiger partial charge in [-0.25, -0.2) is 4.98 Å². The lowest BCUT2D eigenvalue weighted by Crippen LogP contribution is -2.38. The number of thiazole rings is 1. The Bertz CT molecular complexity index is 1100. The molecule has 0 atom stereocenters. The molecule has 3 aromatic carbocycles. The van der Waals surface area contributed by atoms with Gasteiger partial charge in [-0.3, -0.25) is 4.79 Å². The first-order valence-corrected chi connectivity index (χ1v) is 10.2. The minimum atomic E-state index is -0.873. The first-order chi connectivity index (χ1) is 13.5. The van der Waals surface area contributed by atoms with E-state index in [0.29, 0.717) is 20.7 Å². The standard InChI is InChI=1S/C22H16Cl2N2OS/c1-22(14-8-4-2-5-9-14,15-10-6-3-7-11-15)20(27)26-21-25-19-17(28-21)13-12-16(23)18(19)24/h2-13H,1H3,(H,25,26,27). The van der Waals surface area contributed by atoms with Gasteiger partial charge in [-0.15, -0.1) is 0 Å². The van der Waals surface area contributed by atoms with Crippen molar-refractivity contribution in [2.75, 3.05) is 5.32 Å². The van der Waals surface area contributed by atoms with Crippen molar-refractivity contribution in [1.82, 2.24) is 4.98 Å². The fourth-order valence-corrected chi connectivity index (χ4v) is 4.47. The predicted octanol–water partition coefficient (Wildman–Crippen LogP) is 6.55. The number of hydrogen-bond donors (Lipinski definition) is 1. The number of amides is 1. The minimum Gasteiger partial charge on any atom is -0.301 e. The largest absolute Gasteiger partial charge is 0.301 e. The Morgan fingerprint density at radius 1 is 0.929 bits per heavy atom. The minimum absolute atomic E-state index is 0.161. The lowest BCUT2D eigenvalue weighted by atomic mass is 9.75. The number of benzene rings is 3. The summed E-state index contributed by atoms with van der Waals surface area (Å²) in [5.74, 6) is -0.161. The third-order valence-electron chi connectivity index (χ3n) is 4.83. The summed E-state index contributed by atoms with van der Waals surface area (Å²) >= 11 is 13.7. The number of anilines is 1. The summed E-state index contributed by atoms with van der Waals surface area (Å²) in [4.78, 5) is 17.9. The molecule has 6 heteroatoms. The molecule has 1 aromatic heterocycles. The molecule has 1 amide bonds. The van der Waals surface area contributed by atoms with Gasteiger partial charge in [-0.2, -0.15) is 0 Å². The summed E-state index contributed by atoms with van der Waals surface area (Å²) in [5.41, 5.74) is 1.53. The van der Waals surface area contributed by atoms with E-state index in [0.717, 1.165) is 15.8 Å². The summed E-state index contributed by atoms with van der Waals surface area (Å²) in [5, 5.41) is 4.30. The van der Waals surface area contributed by atoms with Gasteiger partial charge < -0.3 is 5.32 Å². The number of nitrogens with zero attached hydrogens (tertiary/aromatic N) is 1. The molecule has 28 heavy (non-hydrogen) atoms. The Labute approximate surface area is 177 Å². The number of aromatic nitrogens is 1. The van der Waals surface area contributed by atoms with Crippen LogP contribution in [0.1, 0.15) is 18.1 Å². The molecule has 0 bridgehead atoms. The van der Waals surface area contributed by atoms with Crippen LogP contribution < -0.4 is 5.32 Å². The molecule has 0 aliphatic rings. The van der Waals surface area contributed by atoms with Crippen molar-refractivity contribution in [1.29, 1.82) is 0 Å². The molecule has 0 aliphatic heterocycles. The molecule has 140 valence electrons. The normalized spacial score (nSPS) is 11.5. The van der Waals surface area contributed by atoms with Gasteiger partial charge >= 0.3 is 0 Å². The van der Waals surface area contributed by atoms with Gasteiger partial charge in [-0.05, 0) is 30.2 Å². The van der Waals surface area contributed by atoms with E-state index in [1.54, 1.807) is 6.07 Å². The van der Waals surface area contributed by atoms with Crippen LogP contribution in [0.2, 0.25) is 10.0 Å². The molecule has 1 heterocycles. The summed E-state index contributed by atoms with van der Waals surface area (Å²) in [6.45, 7) is 1.92. The molecule has 0 unspecified atom stereocenters. The summed E-state index contributed by atoms with van der Waals surface area (Å²) in [6, 6.07) is 23.0. The maximum Gasteiger partial charge on any atom is 0.240 e. The maximum atomic E-state index is 13.5. The molecule has 4 aromatic rings. The van der Waals surface area contributed by atoms with E-state index in [-0.39, 0.29) is 5.91 Å². The van der Waals surface area contributed by atoms with E-state index < -0.39 is 5.41 Å². The Morgan fingerprint density at radius 3 is 2.07 bits per heavy atom. The van der Waals surface area contributed by atoms with Crippen LogP contribution >= 0.6 is 34.5 Å². The number of hydrogen-bond acceptors (Lipinski definition) is 3. The first kappa shape index (κ1) is 18.9. The number of carbonyl (C=O) groups excluding carboxylic acids is 1. The smallest absolute Gasteiger partial charge is 0.240 e. The molecular formula is C22H16Cl2N2OS. The van der Waals surface area contributed by atoms with Crippen molar-refractivity contribution in [3.8, 4) is 0 Å².